The first-order chi connectivity index (χ1) is 19.1. The highest BCUT2D eigenvalue weighted by Crippen LogP contribution is 2.36. The van der Waals surface area contributed by atoms with Gasteiger partial charge in [0.2, 0.25) is 0 Å². The Bertz CT molecular complexity index is 1510. The number of aromatic nitrogens is 1. The summed E-state index contributed by atoms with van der Waals surface area (Å²) in [5.41, 5.74) is 5.58. The van der Waals surface area contributed by atoms with Crippen LogP contribution in [0, 0.1) is 19.8 Å². The van der Waals surface area contributed by atoms with Gasteiger partial charge in [-0.05, 0) is 73.2 Å². The molecule has 0 atom stereocenters. The summed E-state index contributed by atoms with van der Waals surface area (Å²) in [6.07, 6.45) is -3.26. The number of hydrogen-bond acceptors (Lipinski definition) is 6. The molecule has 0 N–H and O–H groups in total. The van der Waals surface area contributed by atoms with E-state index in [4.69, 9.17) is 9.72 Å². The van der Waals surface area contributed by atoms with Crippen LogP contribution in [0.3, 0.4) is 0 Å². The molecule has 5 nitrogen and oxygen atoms in total. The second-order valence-corrected chi connectivity index (χ2v) is 10.9. The van der Waals surface area contributed by atoms with Gasteiger partial charge in [0.05, 0.1) is 11.3 Å². The van der Waals surface area contributed by atoms with Crippen molar-refractivity contribution in [2.24, 2.45) is 5.92 Å². The molecule has 0 aliphatic carbocycles. The number of alkyl halides is 3. The summed E-state index contributed by atoms with van der Waals surface area (Å²) >= 11 is 1.53. The number of benzene rings is 3. The van der Waals surface area contributed by atoms with Gasteiger partial charge >= 0.3 is 6.18 Å². The van der Waals surface area contributed by atoms with E-state index in [-0.39, 0.29) is 0 Å². The SMILES string of the molecule is Cc1ccc(OCc2ccc(-c3ccc(C(F)(F)F)cc3)cc2C)c(-c2csc(N3CCC(C(=O)[O-])CC3)n2)c1. The molecule has 1 saturated heterocycles. The maximum atomic E-state index is 12.9. The molecular formula is C31H28F3N2O3S-. The number of piperidine rings is 1. The number of carbonyl (C=O) groups excluding carboxylic acids is 1. The summed E-state index contributed by atoms with van der Waals surface area (Å²) < 4.78 is 45.0. The van der Waals surface area contributed by atoms with Gasteiger partial charge in [-0.25, -0.2) is 4.98 Å². The molecule has 0 spiro atoms. The Hall–Kier alpha value is -3.85. The van der Waals surface area contributed by atoms with Crippen LogP contribution in [0.5, 0.6) is 5.75 Å². The van der Waals surface area contributed by atoms with Crippen molar-refractivity contribution in [2.45, 2.75) is 39.5 Å². The Morgan fingerprint density at radius 2 is 1.73 bits per heavy atom. The summed E-state index contributed by atoms with van der Waals surface area (Å²) in [5.74, 6) is -0.685. The zero-order valence-corrected chi connectivity index (χ0v) is 22.9. The van der Waals surface area contributed by atoms with Gasteiger partial charge in [0, 0.05) is 35.9 Å². The van der Waals surface area contributed by atoms with Gasteiger partial charge in [0.15, 0.2) is 5.13 Å². The number of thiazole rings is 1. The van der Waals surface area contributed by atoms with E-state index >= 15 is 0 Å². The third kappa shape index (κ3) is 6.14. The summed E-state index contributed by atoms with van der Waals surface area (Å²) in [5, 5.41) is 14.0. The number of carbonyl (C=O) groups is 1. The Labute approximate surface area is 234 Å². The van der Waals surface area contributed by atoms with Crippen LogP contribution in [-0.2, 0) is 17.6 Å². The minimum absolute atomic E-state index is 0.322. The van der Waals surface area contributed by atoms with Gasteiger partial charge in [-0.1, -0.05) is 42.0 Å². The largest absolute Gasteiger partial charge is 0.550 e. The van der Waals surface area contributed by atoms with Crippen LogP contribution in [0.15, 0.2) is 66.0 Å². The third-order valence-corrected chi connectivity index (χ3v) is 8.17. The van der Waals surface area contributed by atoms with Crippen LogP contribution in [0.4, 0.5) is 18.3 Å². The summed E-state index contributed by atoms with van der Waals surface area (Å²) in [7, 11) is 0. The molecule has 4 aromatic rings. The molecule has 2 heterocycles. The third-order valence-electron chi connectivity index (χ3n) is 7.27. The molecule has 0 amide bonds. The second-order valence-electron chi connectivity index (χ2n) is 10.1. The normalized spacial score (nSPS) is 14.4. The number of anilines is 1. The topological polar surface area (TPSA) is 65.5 Å². The molecular weight excluding hydrogens is 537 g/mol. The van der Waals surface area contributed by atoms with Crippen molar-refractivity contribution in [1.82, 2.24) is 4.98 Å². The number of halogens is 3. The highest BCUT2D eigenvalue weighted by Gasteiger charge is 2.30. The molecule has 1 aromatic heterocycles. The molecule has 0 saturated carbocycles. The number of ether oxygens (including phenoxy) is 1. The molecule has 0 bridgehead atoms. The van der Waals surface area contributed by atoms with Gasteiger partial charge in [0.1, 0.15) is 12.4 Å². The lowest BCUT2D eigenvalue weighted by Gasteiger charge is -2.32. The number of aliphatic carboxylic acids is 1. The molecule has 1 fully saturated rings. The van der Waals surface area contributed by atoms with Crippen molar-refractivity contribution in [3.05, 3.63) is 88.3 Å². The van der Waals surface area contributed by atoms with Crippen LogP contribution >= 0.6 is 11.3 Å². The highest BCUT2D eigenvalue weighted by molar-refractivity contribution is 7.14. The maximum Gasteiger partial charge on any atom is 0.416 e. The van der Waals surface area contributed by atoms with Crippen molar-refractivity contribution in [3.8, 4) is 28.1 Å². The Kier molecular flexibility index (Phi) is 7.85. The minimum atomic E-state index is -4.36. The van der Waals surface area contributed by atoms with Crippen molar-refractivity contribution >= 4 is 22.4 Å². The molecule has 0 radical (unpaired) electrons. The maximum absolute atomic E-state index is 12.9. The number of carboxylic acids is 1. The lowest BCUT2D eigenvalue weighted by Crippen LogP contribution is -2.41. The molecule has 208 valence electrons. The van der Waals surface area contributed by atoms with Gasteiger partial charge in [-0.2, -0.15) is 13.2 Å². The van der Waals surface area contributed by atoms with Crippen molar-refractivity contribution in [3.63, 3.8) is 0 Å². The predicted octanol–water partition coefficient (Wildman–Crippen LogP) is 6.66. The van der Waals surface area contributed by atoms with Gasteiger partial charge in [-0.15, -0.1) is 11.3 Å². The fraction of sp³-hybridized carbons (Fsp3) is 0.290. The van der Waals surface area contributed by atoms with E-state index in [0.29, 0.717) is 43.9 Å². The average molecular weight is 566 g/mol. The number of hydrogen-bond donors (Lipinski definition) is 0. The first-order valence-corrected chi connectivity index (χ1v) is 13.9. The van der Waals surface area contributed by atoms with Crippen LogP contribution in [0.25, 0.3) is 22.4 Å². The Balaban J connectivity index is 1.30. The quantitative estimate of drug-likeness (QED) is 0.251. The predicted molar refractivity (Wildman–Crippen MR) is 148 cm³/mol. The number of aryl methyl sites for hydroxylation is 2. The van der Waals surface area contributed by atoms with Crippen molar-refractivity contribution in [2.75, 3.05) is 18.0 Å². The minimum Gasteiger partial charge on any atom is -0.550 e. The van der Waals surface area contributed by atoms with Crippen LogP contribution in [0.2, 0.25) is 0 Å². The van der Waals surface area contributed by atoms with Crippen molar-refractivity contribution < 1.29 is 27.8 Å². The number of rotatable bonds is 7. The zero-order valence-electron chi connectivity index (χ0n) is 22.1. The molecule has 9 heteroatoms. The number of carboxylic acid groups (broad SMARTS) is 1. The second kappa shape index (κ2) is 11.3. The van der Waals surface area contributed by atoms with Gasteiger partial charge < -0.3 is 19.5 Å². The molecule has 40 heavy (non-hydrogen) atoms. The van der Waals surface area contributed by atoms with E-state index < -0.39 is 23.6 Å². The fourth-order valence-corrected chi connectivity index (χ4v) is 5.73. The Morgan fingerprint density at radius 3 is 2.38 bits per heavy atom. The van der Waals surface area contributed by atoms with Crippen LogP contribution in [-0.4, -0.2) is 24.0 Å². The lowest BCUT2D eigenvalue weighted by molar-refractivity contribution is -0.312. The molecule has 5 rings (SSSR count). The summed E-state index contributed by atoms with van der Waals surface area (Å²) in [6.45, 7) is 5.55. The smallest absolute Gasteiger partial charge is 0.416 e. The molecule has 0 unspecified atom stereocenters. The van der Waals surface area contributed by atoms with E-state index in [1.54, 1.807) is 0 Å². The highest BCUT2D eigenvalue weighted by atomic mass is 32.1. The first kappa shape index (κ1) is 27.7. The lowest BCUT2D eigenvalue weighted by atomic mass is 9.97. The van der Waals surface area contributed by atoms with Crippen molar-refractivity contribution in [1.29, 1.82) is 0 Å². The summed E-state index contributed by atoms with van der Waals surface area (Å²) in [4.78, 5) is 18.1. The fourth-order valence-electron chi connectivity index (χ4n) is 4.85. The van der Waals surface area contributed by atoms with Crippen LogP contribution < -0.4 is 14.7 Å². The van der Waals surface area contributed by atoms with E-state index in [9.17, 15) is 23.1 Å². The first-order valence-electron chi connectivity index (χ1n) is 13.0. The molecule has 1 aliphatic rings. The average Bonchev–Trinajstić information content (AvgIpc) is 3.43. The van der Waals surface area contributed by atoms with Crippen LogP contribution in [0.1, 0.15) is 35.1 Å². The molecule has 3 aromatic carbocycles. The Morgan fingerprint density at radius 1 is 1.02 bits per heavy atom. The van der Waals surface area contributed by atoms with E-state index in [2.05, 4.69) is 4.90 Å². The zero-order chi connectivity index (χ0) is 28.4. The number of nitrogens with zero attached hydrogens (tertiary/aromatic N) is 2. The van der Waals surface area contributed by atoms with Gasteiger partial charge in [0.25, 0.3) is 0 Å². The van der Waals surface area contributed by atoms with E-state index in [1.165, 1.54) is 23.5 Å². The molecule has 1 aliphatic heterocycles. The monoisotopic (exact) mass is 565 g/mol. The summed E-state index contributed by atoms with van der Waals surface area (Å²) in [6, 6.07) is 16.9. The standard InChI is InChI=1S/C31H29F3N2O3S/c1-19-3-10-28(26(15-19)27-18-40-30(35-27)36-13-11-22(12-14-36)29(37)38)39-17-24-5-4-23(16-20(24)2)21-6-8-25(9-7-21)31(32,33)34/h3-10,15-16,18,22H,11-14,17H2,1-2H3,(H,37,38)/p-1. The van der Waals surface area contributed by atoms with E-state index in [1.807, 2.05) is 55.6 Å². The van der Waals surface area contributed by atoms with Gasteiger partial charge in [-0.3, -0.25) is 0 Å². The van der Waals surface area contributed by atoms with E-state index in [0.717, 1.165) is 50.8 Å².